The van der Waals surface area contributed by atoms with E-state index in [0.29, 0.717) is 52.8 Å². The maximum atomic E-state index is 12.8. The first kappa shape index (κ1) is 31.9. The molecule has 2 aliphatic rings. The van der Waals surface area contributed by atoms with E-state index >= 15 is 0 Å². The lowest BCUT2D eigenvalue weighted by atomic mass is 9.58. The van der Waals surface area contributed by atoms with E-state index in [-0.39, 0.29) is 11.2 Å². The fraction of sp³-hybridized carbons (Fsp3) is 0.378. The Labute approximate surface area is 276 Å². The lowest BCUT2D eigenvalue weighted by Crippen LogP contribution is -2.37. The van der Waals surface area contributed by atoms with Crippen molar-refractivity contribution in [3.8, 4) is 17.0 Å². The second-order valence-corrected chi connectivity index (χ2v) is 16.8. The van der Waals surface area contributed by atoms with E-state index in [9.17, 15) is 9.00 Å². The maximum absolute atomic E-state index is 12.8. The minimum atomic E-state index is -2.08. The van der Waals surface area contributed by atoms with Crippen LogP contribution >= 0.6 is 23.2 Å². The molecule has 8 heteroatoms. The number of ketones is 1. The van der Waals surface area contributed by atoms with E-state index in [2.05, 4.69) is 30.1 Å². The van der Waals surface area contributed by atoms with Gasteiger partial charge in [-0.2, -0.15) is 0 Å². The second kappa shape index (κ2) is 12.6. The van der Waals surface area contributed by atoms with Gasteiger partial charge in [-0.15, -0.1) is 0 Å². The van der Waals surface area contributed by atoms with Crippen molar-refractivity contribution in [3.63, 3.8) is 0 Å². The van der Waals surface area contributed by atoms with E-state index in [4.69, 9.17) is 32.5 Å². The molecule has 4 aromatic rings. The van der Waals surface area contributed by atoms with Crippen LogP contribution in [0.25, 0.3) is 11.3 Å². The Bertz CT molecular complexity index is 1830. The summed E-state index contributed by atoms with van der Waals surface area (Å²) in [4.78, 5) is 12.8. The molecule has 3 aromatic carbocycles. The summed E-state index contributed by atoms with van der Waals surface area (Å²) >= 11 is 13.5. The van der Waals surface area contributed by atoms with Crippen molar-refractivity contribution in [1.29, 1.82) is 0 Å². The highest BCUT2D eigenvalue weighted by Gasteiger charge is 2.43. The highest BCUT2D eigenvalue weighted by atomic mass is 35.5. The Hall–Kier alpha value is -3.06. The predicted molar refractivity (Wildman–Crippen MR) is 185 cm³/mol. The number of ether oxygens (including phenoxy) is 1. The molecule has 2 fully saturated rings. The summed E-state index contributed by atoms with van der Waals surface area (Å²) in [5, 5.41) is 5.76. The molecule has 0 saturated heterocycles. The molecule has 0 aliphatic heterocycles. The smallest absolute Gasteiger partial charge is 0.162 e. The first-order chi connectivity index (χ1) is 21.4. The SMILES string of the molecule is C=S(C)(=O)CCCC(=O)c1cccc(C2CC(C)(c3ccc(OCc4c(-c5c(C)cccc5Cl)noc4C4CC4)cc3Cl)C2)c1. The van der Waals surface area contributed by atoms with Crippen LogP contribution < -0.4 is 4.74 Å². The number of aryl methyl sites for hydroxylation is 1. The highest BCUT2D eigenvalue weighted by molar-refractivity contribution is 7.99. The monoisotopic (exact) mass is 663 g/mol. The average molecular weight is 665 g/mol. The minimum Gasteiger partial charge on any atom is -0.489 e. The average Bonchev–Trinajstić information content (AvgIpc) is 3.73. The van der Waals surface area contributed by atoms with Gasteiger partial charge >= 0.3 is 0 Å². The third-order valence-electron chi connectivity index (χ3n) is 9.25. The van der Waals surface area contributed by atoms with Crippen LogP contribution in [0.1, 0.15) is 95.7 Å². The van der Waals surface area contributed by atoms with Crippen LogP contribution in [-0.4, -0.2) is 33.0 Å². The molecular weight excluding hydrogens is 625 g/mol. The van der Waals surface area contributed by atoms with Crippen molar-refractivity contribution in [2.45, 2.75) is 76.2 Å². The molecule has 2 aliphatic carbocycles. The van der Waals surface area contributed by atoms with Gasteiger partial charge in [-0.05, 0) is 107 Å². The molecule has 1 unspecified atom stereocenters. The molecule has 0 N–H and O–H groups in total. The highest BCUT2D eigenvalue weighted by Crippen LogP contribution is 2.54. The molecule has 0 spiro atoms. The Kier molecular flexibility index (Phi) is 8.95. The minimum absolute atomic E-state index is 0.0713. The van der Waals surface area contributed by atoms with Crippen molar-refractivity contribution in [2.24, 2.45) is 0 Å². The van der Waals surface area contributed by atoms with Gasteiger partial charge in [0, 0.05) is 40.5 Å². The zero-order valence-electron chi connectivity index (χ0n) is 26.0. The number of carbonyl (C=O) groups excluding carboxylic acids is 1. The van der Waals surface area contributed by atoms with Gasteiger partial charge in [0.25, 0.3) is 0 Å². The van der Waals surface area contributed by atoms with E-state index in [1.807, 2.05) is 55.5 Å². The van der Waals surface area contributed by atoms with Crippen molar-refractivity contribution in [3.05, 3.63) is 104 Å². The molecule has 45 heavy (non-hydrogen) atoms. The third kappa shape index (κ3) is 7.03. The lowest BCUT2D eigenvalue weighted by Gasteiger charge is -2.46. The topological polar surface area (TPSA) is 69.4 Å². The van der Waals surface area contributed by atoms with Crippen LogP contribution in [0, 0.1) is 6.92 Å². The number of aromatic nitrogens is 1. The number of halogens is 2. The fourth-order valence-electron chi connectivity index (χ4n) is 6.62. The molecular formula is C37H39Cl2NO4S. The van der Waals surface area contributed by atoms with Gasteiger partial charge in [0.1, 0.15) is 23.8 Å². The molecule has 1 heterocycles. The molecule has 0 radical (unpaired) electrons. The number of hydrogen-bond donors (Lipinski definition) is 0. The largest absolute Gasteiger partial charge is 0.489 e. The first-order valence-corrected chi connectivity index (χ1v) is 18.6. The molecule has 0 bridgehead atoms. The Morgan fingerprint density at radius 1 is 1.07 bits per heavy atom. The Morgan fingerprint density at radius 3 is 2.51 bits per heavy atom. The fourth-order valence-corrected chi connectivity index (χ4v) is 8.08. The summed E-state index contributed by atoms with van der Waals surface area (Å²) < 4.78 is 24.0. The predicted octanol–water partition coefficient (Wildman–Crippen LogP) is 9.56. The summed E-state index contributed by atoms with van der Waals surface area (Å²) in [6.45, 7) is 4.58. The van der Waals surface area contributed by atoms with Gasteiger partial charge in [-0.3, -0.25) is 9.00 Å². The second-order valence-electron chi connectivity index (χ2n) is 13.2. The normalized spacial score (nSPS) is 20.8. The molecule has 236 valence electrons. The van der Waals surface area contributed by atoms with Crippen molar-refractivity contribution < 1.29 is 18.3 Å². The molecule has 2 saturated carbocycles. The Balaban J connectivity index is 1.12. The third-order valence-corrected chi connectivity index (χ3v) is 11.0. The van der Waals surface area contributed by atoms with Gasteiger partial charge < -0.3 is 9.26 Å². The summed E-state index contributed by atoms with van der Waals surface area (Å²) in [5.41, 5.74) is 6.53. The lowest BCUT2D eigenvalue weighted by molar-refractivity contribution is 0.0982. The molecule has 6 rings (SSSR count). The summed E-state index contributed by atoms with van der Waals surface area (Å²) in [5.74, 6) is 6.54. The Morgan fingerprint density at radius 2 is 1.82 bits per heavy atom. The summed E-state index contributed by atoms with van der Waals surface area (Å²) in [6.07, 6.45) is 6.67. The number of rotatable bonds is 12. The van der Waals surface area contributed by atoms with E-state index < -0.39 is 9.52 Å². The first-order valence-electron chi connectivity index (χ1n) is 15.5. The maximum Gasteiger partial charge on any atom is 0.162 e. The molecule has 1 aromatic heterocycles. The van der Waals surface area contributed by atoms with Crippen LogP contribution in [0.2, 0.25) is 10.0 Å². The van der Waals surface area contributed by atoms with Crippen molar-refractivity contribution in [2.75, 3.05) is 12.0 Å². The van der Waals surface area contributed by atoms with E-state index in [1.54, 1.807) is 6.26 Å². The van der Waals surface area contributed by atoms with Crippen molar-refractivity contribution in [1.82, 2.24) is 5.16 Å². The van der Waals surface area contributed by atoms with Crippen molar-refractivity contribution >= 4 is 44.4 Å². The van der Waals surface area contributed by atoms with Gasteiger partial charge in [-0.1, -0.05) is 71.7 Å². The van der Waals surface area contributed by atoms with Crippen LogP contribution in [0.15, 0.2) is 65.2 Å². The number of hydrogen-bond acceptors (Lipinski definition) is 5. The van der Waals surface area contributed by atoms with E-state index in [1.165, 1.54) is 5.56 Å². The van der Waals surface area contributed by atoms with Gasteiger partial charge in [0.05, 0.1) is 10.6 Å². The number of Topliss-reactive ketones (excluding diaryl/α,β-unsaturated/α-hetero) is 1. The number of carbonyl (C=O) groups is 1. The summed E-state index contributed by atoms with van der Waals surface area (Å²) in [7, 11) is -2.08. The van der Waals surface area contributed by atoms with E-state index in [0.717, 1.165) is 65.0 Å². The quantitative estimate of drug-likeness (QED) is 0.111. The zero-order chi connectivity index (χ0) is 31.9. The number of nitrogens with zero attached hydrogens (tertiary/aromatic N) is 1. The van der Waals surface area contributed by atoms with Gasteiger partial charge in [-0.25, -0.2) is 0 Å². The molecule has 0 amide bonds. The number of benzene rings is 3. The molecule has 1 atom stereocenters. The standard InChI is InChI=1S/C37H39Cl2NO4S/c1-23-8-5-11-31(38)34(23)35-29(36(44-40-35)24-13-14-24)22-43-28-15-16-30(32(39)19-28)37(2)20-27(21-37)25-9-6-10-26(18-25)33(41)12-7-17-45(3,4)42/h5-6,8-11,15-16,18-19,24,27H,3,7,12-14,17,20-22H2,1-2,4H3. The van der Waals surface area contributed by atoms with Crippen LogP contribution in [0.5, 0.6) is 5.75 Å². The van der Waals surface area contributed by atoms with Gasteiger partial charge in [0.2, 0.25) is 0 Å². The van der Waals surface area contributed by atoms with Gasteiger partial charge in [0.15, 0.2) is 5.78 Å². The summed E-state index contributed by atoms with van der Waals surface area (Å²) in [6, 6.07) is 19.8. The molecule has 5 nitrogen and oxygen atoms in total. The zero-order valence-corrected chi connectivity index (χ0v) is 28.4. The van der Waals surface area contributed by atoms with Crippen LogP contribution in [-0.2, 0) is 21.5 Å². The van der Waals surface area contributed by atoms with Crippen LogP contribution in [0.3, 0.4) is 0 Å². The van der Waals surface area contributed by atoms with Crippen LogP contribution in [0.4, 0.5) is 0 Å².